The maximum absolute atomic E-state index is 4.15. The molecule has 0 radical (unpaired) electrons. The Labute approximate surface area is 119 Å². The van der Waals surface area contributed by atoms with Gasteiger partial charge in [0, 0.05) is 5.66 Å². The Kier molecular flexibility index (Phi) is 9.00. The number of hydrogen-bond donors (Lipinski definition) is 0. The molecule has 0 saturated heterocycles. The van der Waals surface area contributed by atoms with Crippen LogP contribution in [0.1, 0.15) is 55.4 Å². The second-order valence-electron chi connectivity index (χ2n) is 6.32. The van der Waals surface area contributed by atoms with Gasteiger partial charge in [0.25, 0.3) is 0 Å². The topological polar surface area (TPSA) is 0 Å². The highest BCUT2D eigenvalue weighted by atomic mass is 31.1. The zero-order valence-electron chi connectivity index (χ0n) is 13.8. The molecule has 0 aromatic rings. The number of allylic oxidation sites excluding steroid dienone is 1. The molecule has 0 nitrogen and oxygen atoms in total. The molecule has 0 aromatic carbocycles. The Hall–Kier alpha value is 0.600. The SMILES string of the molecule is C=CC(CP(C(C)C)C(C)C)P(C(C)C)C(C)C. The molecule has 0 amide bonds. The molecule has 108 valence electrons. The van der Waals surface area contributed by atoms with Crippen LogP contribution in [0.4, 0.5) is 0 Å². The minimum Gasteiger partial charge on any atom is -0.102 e. The van der Waals surface area contributed by atoms with Gasteiger partial charge in [0.15, 0.2) is 0 Å². The molecule has 0 aliphatic carbocycles. The third-order valence-electron chi connectivity index (χ3n) is 3.57. The van der Waals surface area contributed by atoms with Gasteiger partial charge in [-0.3, -0.25) is 0 Å². The van der Waals surface area contributed by atoms with Gasteiger partial charge in [-0.1, -0.05) is 69.4 Å². The smallest absolute Gasteiger partial charge is 0.00118 e. The fourth-order valence-corrected chi connectivity index (χ4v) is 9.79. The van der Waals surface area contributed by atoms with Crippen LogP contribution >= 0.6 is 15.8 Å². The zero-order chi connectivity index (χ0) is 14.5. The lowest BCUT2D eigenvalue weighted by atomic mass is 10.5. The average Bonchev–Trinajstić information content (AvgIpc) is 2.21. The second kappa shape index (κ2) is 8.71. The molecule has 18 heavy (non-hydrogen) atoms. The molecule has 0 fully saturated rings. The third-order valence-corrected chi connectivity index (χ3v) is 10.9. The molecule has 1 atom stereocenters. The molecule has 0 aliphatic heterocycles. The van der Waals surface area contributed by atoms with Gasteiger partial charge < -0.3 is 0 Å². The first kappa shape index (κ1) is 18.6. The highest BCUT2D eigenvalue weighted by Gasteiger charge is 2.28. The number of rotatable bonds is 8. The van der Waals surface area contributed by atoms with Gasteiger partial charge in [-0.2, -0.15) is 0 Å². The van der Waals surface area contributed by atoms with E-state index >= 15 is 0 Å². The van der Waals surface area contributed by atoms with Gasteiger partial charge in [-0.25, -0.2) is 0 Å². The van der Waals surface area contributed by atoms with Crippen molar-refractivity contribution >= 4 is 15.8 Å². The van der Waals surface area contributed by atoms with Crippen molar-refractivity contribution in [2.45, 2.75) is 83.7 Å². The molecule has 0 spiro atoms. The van der Waals surface area contributed by atoms with Crippen LogP contribution in [-0.2, 0) is 0 Å². The van der Waals surface area contributed by atoms with Gasteiger partial charge >= 0.3 is 0 Å². The number of hydrogen-bond acceptors (Lipinski definition) is 0. The fourth-order valence-electron chi connectivity index (χ4n) is 2.89. The van der Waals surface area contributed by atoms with E-state index in [9.17, 15) is 0 Å². The third kappa shape index (κ3) is 5.71. The van der Waals surface area contributed by atoms with Crippen molar-refractivity contribution in [3.8, 4) is 0 Å². The van der Waals surface area contributed by atoms with E-state index in [0.717, 1.165) is 28.3 Å². The summed E-state index contributed by atoms with van der Waals surface area (Å²) in [5.41, 5.74) is 4.09. The van der Waals surface area contributed by atoms with E-state index in [4.69, 9.17) is 0 Å². The molecule has 0 bridgehead atoms. The van der Waals surface area contributed by atoms with Gasteiger partial charge in [-0.15, -0.1) is 14.5 Å². The second-order valence-corrected chi connectivity index (χ2v) is 13.4. The predicted molar refractivity (Wildman–Crippen MR) is 93.2 cm³/mol. The standard InChI is InChI=1S/C16H34P2/c1-10-16(18(14(6)7)15(8)9)11-17(12(2)3)13(4)5/h10,12-16H,1,11H2,2-9H3. The molecule has 0 N–H and O–H groups in total. The van der Waals surface area contributed by atoms with E-state index in [0.29, 0.717) is 0 Å². The van der Waals surface area contributed by atoms with E-state index in [-0.39, 0.29) is 15.8 Å². The summed E-state index contributed by atoms with van der Waals surface area (Å²) in [4.78, 5) is 0. The van der Waals surface area contributed by atoms with Crippen molar-refractivity contribution in [1.82, 2.24) is 0 Å². The average molecular weight is 288 g/mol. The normalized spacial score (nSPS) is 14.6. The first-order valence-electron chi connectivity index (χ1n) is 7.38. The fraction of sp³-hybridized carbons (Fsp3) is 0.875. The quantitative estimate of drug-likeness (QED) is 0.372. The van der Waals surface area contributed by atoms with Gasteiger partial charge in [0.2, 0.25) is 0 Å². The van der Waals surface area contributed by atoms with Crippen molar-refractivity contribution in [3.63, 3.8) is 0 Å². The van der Waals surface area contributed by atoms with Crippen LogP contribution in [0.15, 0.2) is 12.7 Å². The minimum absolute atomic E-state index is 0.0739. The first-order chi connectivity index (χ1) is 8.22. The molecule has 0 saturated carbocycles. The van der Waals surface area contributed by atoms with Crippen molar-refractivity contribution in [3.05, 3.63) is 12.7 Å². The summed E-state index contributed by atoms with van der Waals surface area (Å²) in [5.74, 6) is 0. The van der Waals surface area contributed by atoms with Crippen LogP contribution < -0.4 is 0 Å². The Morgan fingerprint density at radius 1 is 0.778 bits per heavy atom. The molecular formula is C16H34P2. The first-order valence-corrected chi connectivity index (χ1v) is 10.6. The van der Waals surface area contributed by atoms with Gasteiger partial charge in [0.1, 0.15) is 0 Å². The molecule has 0 aromatic heterocycles. The monoisotopic (exact) mass is 288 g/mol. The van der Waals surface area contributed by atoms with Crippen molar-refractivity contribution in [1.29, 1.82) is 0 Å². The van der Waals surface area contributed by atoms with Crippen LogP contribution in [0.3, 0.4) is 0 Å². The maximum atomic E-state index is 4.15. The lowest BCUT2D eigenvalue weighted by Crippen LogP contribution is -2.21. The van der Waals surface area contributed by atoms with E-state index in [2.05, 4.69) is 68.0 Å². The van der Waals surface area contributed by atoms with Crippen molar-refractivity contribution in [2.75, 3.05) is 6.16 Å². The lowest BCUT2D eigenvalue weighted by Gasteiger charge is -2.37. The molecular weight excluding hydrogens is 254 g/mol. The van der Waals surface area contributed by atoms with E-state index < -0.39 is 0 Å². The Morgan fingerprint density at radius 3 is 1.39 bits per heavy atom. The largest absolute Gasteiger partial charge is 0.102 e. The summed E-state index contributed by atoms with van der Waals surface area (Å²) in [5, 5.41) is 0. The van der Waals surface area contributed by atoms with E-state index in [1.807, 2.05) is 0 Å². The minimum atomic E-state index is 0.0739. The lowest BCUT2D eigenvalue weighted by molar-refractivity contribution is 0.957. The molecule has 0 aliphatic rings. The molecule has 0 heterocycles. The Morgan fingerprint density at radius 2 is 1.17 bits per heavy atom. The highest BCUT2D eigenvalue weighted by molar-refractivity contribution is 7.63. The van der Waals surface area contributed by atoms with Crippen LogP contribution in [0.5, 0.6) is 0 Å². The van der Waals surface area contributed by atoms with Crippen LogP contribution in [-0.4, -0.2) is 34.5 Å². The van der Waals surface area contributed by atoms with E-state index in [1.165, 1.54) is 6.16 Å². The van der Waals surface area contributed by atoms with Crippen molar-refractivity contribution < 1.29 is 0 Å². The Balaban J connectivity index is 4.90. The predicted octanol–water partition coefficient (Wildman–Crippen LogP) is 6.14. The molecule has 0 rings (SSSR count). The van der Waals surface area contributed by atoms with Crippen LogP contribution in [0.25, 0.3) is 0 Å². The van der Waals surface area contributed by atoms with Gasteiger partial charge in [0.05, 0.1) is 0 Å². The molecule has 1 unspecified atom stereocenters. The summed E-state index contributed by atoms with van der Waals surface area (Å²) in [6.45, 7) is 23.3. The summed E-state index contributed by atoms with van der Waals surface area (Å²) in [6, 6.07) is 0. The van der Waals surface area contributed by atoms with E-state index in [1.54, 1.807) is 0 Å². The van der Waals surface area contributed by atoms with Crippen molar-refractivity contribution in [2.24, 2.45) is 0 Å². The summed E-state index contributed by atoms with van der Waals surface area (Å²) in [7, 11) is 0.213. The Bertz CT molecular complexity index is 215. The highest BCUT2D eigenvalue weighted by Crippen LogP contribution is 2.57. The zero-order valence-corrected chi connectivity index (χ0v) is 15.6. The summed E-state index contributed by atoms with van der Waals surface area (Å²) < 4.78 is 0. The van der Waals surface area contributed by atoms with Crippen LogP contribution in [0, 0.1) is 0 Å². The van der Waals surface area contributed by atoms with Gasteiger partial charge in [-0.05, 0) is 28.8 Å². The summed E-state index contributed by atoms with van der Waals surface area (Å²) in [6.07, 6.45) is 3.67. The maximum Gasteiger partial charge on any atom is 0.00118 e. The molecule has 2 heteroatoms. The van der Waals surface area contributed by atoms with Crippen LogP contribution in [0.2, 0.25) is 0 Å². The summed E-state index contributed by atoms with van der Waals surface area (Å²) >= 11 is 0.